The van der Waals surface area contributed by atoms with Gasteiger partial charge >= 0.3 is 0 Å². The highest BCUT2D eigenvalue weighted by atomic mass is 79.9. The lowest BCUT2D eigenvalue weighted by atomic mass is 10.0. The molecule has 0 aliphatic carbocycles. The number of anilines is 1. The maximum Gasteiger partial charge on any atom is 0.186 e. The largest absolute Gasteiger partial charge is 0.346 e. The molecule has 0 unspecified atom stereocenters. The molecule has 0 aromatic carbocycles. The number of thiazole rings is 1. The van der Waals surface area contributed by atoms with Crippen LogP contribution >= 0.6 is 27.3 Å². The van der Waals surface area contributed by atoms with Crippen LogP contribution in [0.4, 0.5) is 5.13 Å². The molecular weight excluding hydrogens is 248 g/mol. The van der Waals surface area contributed by atoms with Crippen molar-refractivity contribution in [2.24, 2.45) is 0 Å². The molecule has 1 heterocycles. The van der Waals surface area contributed by atoms with Gasteiger partial charge in [-0.1, -0.05) is 6.92 Å². The van der Waals surface area contributed by atoms with Crippen LogP contribution in [-0.4, -0.2) is 17.6 Å². The van der Waals surface area contributed by atoms with Crippen LogP contribution in [0.3, 0.4) is 0 Å². The number of nitrogens with zero attached hydrogens (tertiary/aromatic N) is 2. The minimum absolute atomic E-state index is 0.178. The molecule has 0 fully saturated rings. The molecule has 1 aromatic rings. The van der Waals surface area contributed by atoms with E-state index in [2.05, 4.69) is 53.6 Å². The molecule has 0 bridgehead atoms. The summed E-state index contributed by atoms with van der Waals surface area (Å²) in [4.78, 5) is 6.61. The fourth-order valence-electron chi connectivity index (χ4n) is 0.896. The van der Waals surface area contributed by atoms with E-state index in [1.54, 1.807) is 11.3 Å². The quantitative estimate of drug-likeness (QED) is 0.829. The fraction of sp³-hybridized carbons (Fsp3) is 0.667. The van der Waals surface area contributed by atoms with E-state index in [1.807, 2.05) is 5.38 Å². The number of aromatic nitrogens is 1. The predicted molar refractivity (Wildman–Crippen MR) is 62.6 cm³/mol. The highest BCUT2D eigenvalue weighted by molar-refractivity contribution is 9.10. The summed E-state index contributed by atoms with van der Waals surface area (Å²) in [5, 5.41) is 3.08. The third-order valence-electron chi connectivity index (χ3n) is 2.52. The molecule has 0 spiro atoms. The van der Waals surface area contributed by atoms with Crippen LogP contribution in [0.2, 0.25) is 0 Å². The number of halogens is 1. The summed E-state index contributed by atoms with van der Waals surface area (Å²) in [7, 11) is 2.09. The van der Waals surface area contributed by atoms with Crippen molar-refractivity contribution in [3.8, 4) is 0 Å². The first-order valence-corrected chi connectivity index (χ1v) is 5.99. The zero-order valence-corrected chi connectivity index (χ0v) is 10.9. The van der Waals surface area contributed by atoms with Gasteiger partial charge in [0.1, 0.15) is 4.60 Å². The van der Waals surface area contributed by atoms with E-state index in [1.165, 1.54) is 0 Å². The van der Waals surface area contributed by atoms with Crippen molar-refractivity contribution in [2.45, 2.75) is 32.7 Å². The van der Waals surface area contributed by atoms with Gasteiger partial charge in [0.2, 0.25) is 0 Å². The summed E-state index contributed by atoms with van der Waals surface area (Å²) in [6.45, 7) is 6.64. The Balaban J connectivity index is 2.84. The standard InChI is InChI=1S/C9H15BrN2S/c1-5-9(2,3)12(4)8-11-7(10)6-13-8/h6H,5H2,1-4H3. The van der Waals surface area contributed by atoms with Crippen LogP contribution in [0.1, 0.15) is 27.2 Å². The third-order valence-corrected chi connectivity index (χ3v) is 4.15. The maximum absolute atomic E-state index is 4.39. The van der Waals surface area contributed by atoms with Gasteiger partial charge in [-0.25, -0.2) is 4.98 Å². The monoisotopic (exact) mass is 262 g/mol. The van der Waals surface area contributed by atoms with E-state index in [-0.39, 0.29) is 5.54 Å². The second kappa shape index (κ2) is 3.96. The van der Waals surface area contributed by atoms with E-state index in [0.29, 0.717) is 0 Å². The number of rotatable bonds is 3. The summed E-state index contributed by atoms with van der Waals surface area (Å²) in [6.07, 6.45) is 1.11. The molecule has 0 aliphatic heterocycles. The third kappa shape index (κ3) is 2.44. The minimum Gasteiger partial charge on any atom is -0.346 e. The van der Waals surface area contributed by atoms with Crippen LogP contribution in [-0.2, 0) is 0 Å². The Morgan fingerprint density at radius 3 is 2.62 bits per heavy atom. The van der Waals surface area contributed by atoms with Crippen LogP contribution in [0.5, 0.6) is 0 Å². The van der Waals surface area contributed by atoms with Gasteiger partial charge in [-0.15, -0.1) is 11.3 Å². The Morgan fingerprint density at radius 1 is 1.62 bits per heavy atom. The topological polar surface area (TPSA) is 16.1 Å². The van der Waals surface area contributed by atoms with Crippen LogP contribution < -0.4 is 4.90 Å². The first kappa shape index (κ1) is 11.0. The van der Waals surface area contributed by atoms with Crippen molar-refractivity contribution in [1.29, 1.82) is 0 Å². The van der Waals surface area contributed by atoms with Crippen LogP contribution in [0, 0.1) is 0 Å². The summed E-state index contributed by atoms with van der Waals surface area (Å²) >= 11 is 5.03. The molecule has 13 heavy (non-hydrogen) atoms. The molecule has 0 aliphatic rings. The summed E-state index contributed by atoms with van der Waals surface area (Å²) in [6, 6.07) is 0. The van der Waals surface area contributed by atoms with Gasteiger partial charge in [0.05, 0.1) is 0 Å². The van der Waals surface area contributed by atoms with Crippen LogP contribution in [0.15, 0.2) is 9.98 Å². The molecule has 0 saturated heterocycles. The SMILES string of the molecule is CCC(C)(C)N(C)c1nc(Br)cs1. The van der Waals surface area contributed by atoms with E-state index in [4.69, 9.17) is 0 Å². The highest BCUT2D eigenvalue weighted by Gasteiger charge is 2.23. The van der Waals surface area contributed by atoms with Gasteiger partial charge in [0, 0.05) is 18.0 Å². The summed E-state index contributed by atoms with van der Waals surface area (Å²) in [5.41, 5.74) is 0.178. The van der Waals surface area contributed by atoms with Crippen molar-refractivity contribution >= 4 is 32.4 Å². The normalized spacial score (nSPS) is 11.8. The first-order chi connectivity index (χ1) is 5.97. The molecule has 0 N–H and O–H groups in total. The van der Waals surface area contributed by atoms with E-state index in [9.17, 15) is 0 Å². The Kier molecular flexibility index (Phi) is 3.35. The average Bonchev–Trinajstić information content (AvgIpc) is 2.50. The Morgan fingerprint density at radius 2 is 2.23 bits per heavy atom. The van der Waals surface area contributed by atoms with Crippen molar-refractivity contribution in [3.63, 3.8) is 0 Å². The smallest absolute Gasteiger partial charge is 0.186 e. The van der Waals surface area contributed by atoms with Gasteiger partial charge in [-0.05, 0) is 36.2 Å². The zero-order chi connectivity index (χ0) is 10.1. The lowest BCUT2D eigenvalue weighted by Crippen LogP contribution is -2.40. The van der Waals surface area contributed by atoms with E-state index >= 15 is 0 Å². The van der Waals surface area contributed by atoms with E-state index in [0.717, 1.165) is 16.2 Å². The van der Waals surface area contributed by atoms with Gasteiger partial charge in [0.25, 0.3) is 0 Å². The van der Waals surface area contributed by atoms with Crippen LogP contribution in [0.25, 0.3) is 0 Å². The van der Waals surface area contributed by atoms with Gasteiger partial charge in [0.15, 0.2) is 5.13 Å². The van der Waals surface area contributed by atoms with Gasteiger partial charge in [-0.3, -0.25) is 0 Å². The van der Waals surface area contributed by atoms with E-state index < -0.39 is 0 Å². The second-order valence-corrected chi connectivity index (χ2v) is 5.33. The fourth-order valence-corrected chi connectivity index (χ4v) is 2.27. The molecule has 0 radical (unpaired) electrons. The number of hydrogen-bond donors (Lipinski definition) is 0. The lowest BCUT2D eigenvalue weighted by molar-refractivity contribution is 0.470. The Hall–Kier alpha value is -0.0900. The second-order valence-electron chi connectivity index (χ2n) is 3.68. The van der Waals surface area contributed by atoms with Gasteiger partial charge in [-0.2, -0.15) is 0 Å². The maximum atomic E-state index is 4.39. The van der Waals surface area contributed by atoms with Crippen molar-refractivity contribution in [3.05, 3.63) is 9.98 Å². The average molecular weight is 263 g/mol. The predicted octanol–water partition coefficient (Wildman–Crippen LogP) is 3.53. The van der Waals surface area contributed by atoms with Crippen molar-refractivity contribution in [1.82, 2.24) is 4.98 Å². The van der Waals surface area contributed by atoms with Crippen molar-refractivity contribution in [2.75, 3.05) is 11.9 Å². The summed E-state index contributed by atoms with van der Waals surface area (Å²) in [5.74, 6) is 0. The summed E-state index contributed by atoms with van der Waals surface area (Å²) < 4.78 is 0.922. The molecule has 0 atom stereocenters. The Bertz CT molecular complexity index is 283. The van der Waals surface area contributed by atoms with Crippen molar-refractivity contribution < 1.29 is 0 Å². The molecular formula is C9H15BrN2S. The molecule has 74 valence electrons. The Labute approximate surface area is 92.1 Å². The highest BCUT2D eigenvalue weighted by Crippen LogP contribution is 2.29. The molecule has 0 amide bonds. The lowest BCUT2D eigenvalue weighted by Gasteiger charge is -2.34. The first-order valence-electron chi connectivity index (χ1n) is 4.32. The molecule has 4 heteroatoms. The minimum atomic E-state index is 0.178. The molecule has 1 aromatic heterocycles. The molecule has 2 nitrogen and oxygen atoms in total. The number of hydrogen-bond acceptors (Lipinski definition) is 3. The zero-order valence-electron chi connectivity index (χ0n) is 8.47. The molecule has 1 rings (SSSR count). The van der Waals surface area contributed by atoms with Gasteiger partial charge < -0.3 is 4.90 Å². The molecule has 0 saturated carbocycles.